The van der Waals surface area contributed by atoms with Crippen molar-refractivity contribution in [3.05, 3.63) is 106 Å². The van der Waals surface area contributed by atoms with Crippen LogP contribution in [0.5, 0.6) is 0 Å². The third-order valence-electron chi connectivity index (χ3n) is 4.69. The molecule has 8 heteroatoms. The summed E-state index contributed by atoms with van der Waals surface area (Å²) in [6.07, 6.45) is -0.601. The minimum absolute atomic E-state index is 0.0512. The highest BCUT2D eigenvalue weighted by molar-refractivity contribution is 5.96. The van der Waals surface area contributed by atoms with E-state index in [1.807, 2.05) is 55.5 Å². The number of amides is 2. The molecule has 0 aromatic heterocycles. The van der Waals surface area contributed by atoms with E-state index >= 15 is 0 Å². The molecule has 0 aliphatic carbocycles. The molecule has 3 rings (SSSR count). The third-order valence-corrected chi connectivity index (χ3v) is 4.69. The van der Waals surface area contributed by atoms with E-state index < -0.39 is 23.0 Å². The Kier molecular flexibility index (Phi) is 7.53. The zero-order valence-corrected chi connectivity index (χ0v) is 17.5. The first-order valence-electron chi connectivity index (χ1n) is 9.99. The summed E-state index contributed by atoms with van der Waals surface area (Å²) in [4.78, 5) is 35.7. The van der Waals surface area contributed by atoms with Gasteiger partial charge in [0.15, 0.2) is 0 Å². The van der Waals surface area contributed by atoms with Crippen LogP contribution in [0.25, 0.3) is 0 Å². The van der Waals surface area contributed by atoms with Crippen molar-refractivity contribution in [2.45, 2.75) is 26.0 Å². The van der Waals surface area contributed by atoms with Gasteiger partial charge < -0.3 is 15.4 Å². The second kappa shape index (κ2) is 10.7. The van der Waals surface area contributed by atoms with Crippen LogP contribution < -0.4 is 10.6 Å². The van der Waals surface area contributed by atoms with E-state index in [1.165, 1.54) is 12.1 Å². The number of alkyl carbamates (subject to hydrolysis) is 1. The minimum Gasteiger partial charge on any atom is -0.445 e. The molecule has 2 amide bonds. The van der Waals surface area contributed by atoms with Crippen LogP contribution >= 0.6 is 0 Å². The zero-order chi connectivity index (χ0) is 22.9. The van der Waals surface area contributed by atoms with Gasteiger partial charge in [-0.25, -0.2) is 4.79 Å². The molecule has 164 valence electrons. The van der Waals surface area contributed by atoms with E-state index in [1.54, 1.807) is 18.2 Å². The van der Waals surface area contributed by atoms with Gasteiger partial charge in [0.1, 0.15) is 12.6 Å². The summed E-state index contributed by atoms with van der Waals surface area (Å²) < 4.78 is 5.25. The van der Waals surface area contributed by atoms with E-state index in [9.17, 15) is 19.7 Å². The van der Waals surface area contributed by atoms with Crippen molar-refractivity contribution < 1.29 is 19.2 Å². The van der Waals surface area contributed by atoms with Gasteiger partial charge in [0.2, 0.25) is 5.91 Å². The second-order valence-electron chi connectivity index (χ2n) is 7.25. The number of hydrogen-bond donors (Lipinski definition) is 2. The Morgan fingerprint density at radius 2 is 1.69 bits per heavy atom. The molecule has 2 N–H and O–H groups in total. The SMILES string of the molecule is Cc1cccc(NC(=O)[C@H](Cc2ccc([N+](=O)[O-])cc2)NC(=O)OCc2ccccc2)c1. The maximum Gasteiger partial charge on any atom is 0.408 e. The van der Waals surface area contributed by atoms with E-state index in [2.05, 4.69) is 10.6 Å². The molecule has 0 radical (unpaired) electrons. The molecule has 0 heterocycles. The molecular formula is C24H23N3O5. The van der Waals surface area contributed by atoms with Crippen LogP contribution in [0.4, 0.5) is 16.2 Å². The summed E-state index contributed by atoms with van der Waals surface area (Å²) in [6, 6.07) is 21.4. The van der Waals surface area contributed by atoms with E-state index in [4.69, 9.17) is 4.74 Å². The van der Waals surface area contributed by atoms with E-state index in [0.717, 1.165) is 11.1 Å². The van der Waals surface area contributed by atoms with Crippen molar-refractivity contribution in [1.82, 2.24) is 5.32 Å². The quantitative estimate of drug-likeness (QED) is 0.405. The van der Waals surface area contributed by atoms with Gasteiger partial charge in [-0.2, -0.15) is 0 Å². The van der Waals surface area contributed by atoms with E-state index in [0.29, 0.717) is 11.3 Å². The fraction of sp³-hybridized carbons (Fsp3) is 0.167. The molecule has 0 bridgehead atoms. The average Bonchev–Trinajstić information content (AvgIpc) is 2.78. The summed E-state index contributed by atoms with van der Waals surface area (Å²) in [5, 5.41) is 16.3. The molecule has 0 spiro atoms. The Morgan fingerprint density at radius 3 is 2.34 bits per heavy atom. The first-order chi connectivity index (χ1) is 15.4. The van der Waals surface area contributed by atoms with Crippen molar-refractivity contribution in [2.24, 2.45) is 0 Å². The molecule has 0 aliphatic rings. The van der Waals surface area contributed by atoms with Crippen molar-refractivity contribution in [3.63, 3.8) is 0 Å². The second-order valence-corrected chi connectivity index (χ2v) is 7.25. The van der Waals surface area contributed by atoms with Crippen LogP contribution in [0.15, 0.2) is 78.9 Å². The molecule has 0 unspecified atom stereocenters. The van der Waals surface area contributed by atoms with Crippen molar-refractivity contribution in [3.8, 4) is 0 Å². The van der Waals surface area contributed by atoms with Gasteiger partial charge >= 0.3 is 6.09 Å². The van der Waals surface area contributed by atoms with Crippen LogP contribution in [0.3, 0.4) is 0 Å². The largest absolute Gasteiger partial charge is 0.445 e. The number of carbonyl (C=O) groups is 2. The molecule has 0 aliphatic heterocycles. The van der Waals surface area contributed by atoms with Gasteiger partial charge in [-0.1, -0.05) is 54.6 Å². The summed E-state index contributed by atoms with van der Waals surface area (Å²) in [7, 11) is 0. The number of nitro benzene ring substituents is 1. The van der Waals surface area contributed by atoms with Crippen LogP contribution in [-0.2, 0) is 22.6 Å². The number of carbonyl (C=O) groups excluding carboxylic acids is 2. The third kappa shape index (κ3) is 6.66. The van der Waals surface area contributed by atoms with Crippen LogP contribution in [-0.4, -0.2) is 23.0 Å². The van der Waals surface area contributed by atoms with Gasteiger partial charge in [-0.3, -0.25) is 14.9 Å². The standard InChI is InChI=1S/C24H23N3O5/c1-17-6-5-9-20(14-17)25-23(28)22(15-18-10-12-21(13-11-18)27(30)31)26-24(29)32-16-19-7-3-2-4-8-19/h2-14,22H,15-16H2,1H3,(H,25,28)(H,26,29)/t22-/m0/s1. The number of anilines is 1. The molecule has 0 fully saturated rings. The lowest BCUT2D eigenvalue weighted by atomic mass is 10.0. The fourth-order valence-electron chi connectivity index (χ4n) is 3.06. The molecule has 3 aromatic rings. The monoisotopic (exact) mass is 433 g/mol. The number of ether oxygens (including phenoxy) is 1. The van der Waals surface area contributed by atoms with Crippen LogP contribution in [0, 0.1) is 17.0 Å². The zero-order valence-electron chi connectivity index (χ0n) is 17.5. The number of nitrogens with zero attached hydrogens (tertiary/aromatic N) is 1. The number of nitro groups is 1. The lowest BCUT2D eigenvalue weighted by Crippen LogP contribution is -2.45. The molecule has 0 saturated heterocycles. The number of benzene rings is 3. The predicted molar refractivity (Wildman–Crippen MR) is 120 cm³/mol. The number of rotatable bonds is 8. The van der Waals surface area contributed by atoms with Gasteiger partial charge in [-0.15, -0.1) is 0 Å². The molecule has 1 atom stereocenters. The Bertz CT molecular complexity index is 1080. The Labute approximate surface area is 185 Å². The van der Waals surface area contributed by atoms with Gasteiger partial charge in [0, 0.05) is 24.2 Å². The van der Waals surface area contributed by atoms with Gasteiger partial charge in [0.25, 0.3) is 5.69 Å². The minimum atomic E-state index is -0.944. The highest BCUT2D eigenvalue weighted by Crippen LogP contribution is 2.15. The Hall–Kier alpha value is -4.20. The lowest BCUT2D eigenvalue weighted by Gasteiger charge is -2.19. The first-order valence-corrected chi connectivity index (χ1v) is 9.99. The maximum atomic E-state index is 12.9. The molecular weight excluding hydrogens is 410 g/mol. The number of nitrogens with one attached hydrogen (secondary N) is 2. The fourth-order valence-corrected chi connectivity index (χ4v) is 3.06. The Balaban J connectivity index is 1.70. The van der Waals surface area contributed by atoms with Gasteiger partial charge in [-0.05, 0) is 35.7 Å². The smallest absolute Gasteiger partial charge is 0.408 e. The normalized spacial score (nSPS) is 11.3. The summed E-state index contributed by atoms with van der Waals surface area (Å²) >= 11 is 0. The number of non-ortho nitro benzene ring substituents is 1. The lowest BCUT2D eigenvalue weighted by molar-refractivity contribution is -0.384. The highest BCUT2D eigenvalue weighted by Gasteiger charge is 2.23. The maximum absolute atomic E-state index is 12.9. The summed E-state index contributed by atoms with van der Waals surface area (Å²) in [6.45, 7) is 1.97. The van der Waals surface area contributed by atoms with Crippen molar-refractivity contribution in [1.29, 1.82) is 0 Å². The molecule has 0 saturated carbocycles. The summed E-state index contributed by atoms with van der Waals surface area (Å²) in [5.41, 5.74) is 3.00. The van der Waals surface area contributed by atoms with E-state index in [-0.39, 0.29) is 18.7 Å². The predicted octanol–water partition coefficient (Wildman–Crippen LogP) is 4.38. The first kappa shape index (κ1) is 22.5. The van der Waals surface area contributed by atoms with Crippen LogP contribution in [0.1, 0.15) is 16.7 Å². The summed E-state index contributed by atoms with van der Waals surface area (Å²) in [5.74, 6) is -0.425. The van der Waals surface area contributed by atoms with Crippen LogP contribution in [0.2, 0.25) is 0 Å². The average molecular weight is 433 g/mol. The molecule has 3 aromatic carbocycles. The number of aryl methyl sites for hydroxylation is 1. The van der Waals surface area contributed by atoms with Crippen molar-refractivity contribution in [2.75, 3.05) is 5.32 Å². The van der Waals surface area contributed by atoms with Gasteiger partial charge in [0.05, 0.1) is 4.92 Å². The number of hydrogen-bond acceptors (Lipinski definition) is 5. The Morgan fingerprint density at radius 1 is 0.969 bits per heavy atom. The molecule has 32 heavy (non-hydrogen) atoms. The molecule has 8 nitrogen and oxygen atoms in total. The van der Waals surface area contributed by atoms with Crippen molar-refractivity contribution >= 4 is 23.4 Å². The highest BCUT2D eigenvalue weighted by atomic mass is 16.6. The topological polar surface area (TPSA) is 111 Å².